The van der Waals surface area contributed by atoms with E-state index in [0.29, 0.717) is 28.6 Å². The summed E-state index contributed by atoms with van der Waals surface area (Å²) < 4.78 is 13.3. The number of hydrazine groups is 1. The van der Waals surface area contributed by atoms with E-state index in [1.54, 1.807) is 6.07 Å². The number of carbonyl (C=O) groups is 1. The van der Waals surface area contributed by atoms with Gasteiger partial charge in [0.05, 0.1) is 5.52 Å². The average molecular weight is 340 g/mol. The Morgan fingerprint density at radius 3 is 2.48 bits per heavy atom. The second-order valence-electron chi connectivity index (χ2n) is 7.95. The third-order valence-electron chi connectivity index (χ3n) is 6.43. The van der Waals surface area contributed by atoms with Crippen LogP contribution in [0.3, 0.4) is 0 Å². The molecule has 4 aliphatic carbocycles. The van der Waals surface area contributed by atoms with Crippen molar-refractivity contribution in [1.82, 2.24) is 15.4 Å². The third-order valence-corrected chi connectivity index (χ3v) is 6.43. The number of nitrogens with zero attached hydrogens (tertiary/aromatic N) is 2. The Bertz CT molecular complexity index is 811. The zero-order valence-electron chi connectivity index (χ0n) is 13.9. The van der Waals surface area contributed by atoms with E-state index in [1.807, 2.05) is 0 Å². The minimum Gasteiger partial charge on any atom is -0.281 e. The second kappa shape index (κ2) is 5.64. The van der Waals surface area contributed by atoms with Crippen LogP contribution in [0.25, 0.3) is 10.9 Å². The molecule has 4 fully saturated rings. The van der Waals surface area contributed by atoms with E-state index in [1.165, 1.54) is 50.6 Å². The summed E-state index contributed by atoms with van der Waals surface area (Å²) in [5, 5.41) is 0.689. The van der Waals surface area contributed by atoms with Gasteiger partial charge in [0.2, 0.25) is 5.91 Å². The van der Waals surface area contributed by atoms with Crippen LogP contribution in [-0.4, -0.2) is 15.9 Å². The molecule has 0 atom stereocenters. The van der Waals surface area contributed by atoms with Crippen LogP contribution in [0.4, 0.5) is 10.2 Å². The Morgan fingerprint density at radius 2 is 1.76 bits per heavy atom. The number of benzene rings is 1. The predicted molar refractivity (Wildman–Crippen MR) is 91.8 cm³/mol. The van der Waals surface area contributed by atoms with Gasteiger partial charge in [-0.05, 0) is 67.9 Å². The molecule has 2 aromatic rings. The van der Waals surface area contributed by atoms with Crippen LogP contribution in [-0.2, 0) is 4.79 Å². The van der Waals surface area contributed by atoms with E-state index in [4.69, 9.17) is 0 Å². The number of carbonyl (C=O) groups excluding carboxylic acids is 1. The topological polar surface area (TPSA) is 66.9 Å². The van der Waals surface area contributed by atoms with Gasteiger partial charge in [-0.2, -0.15) is 0 Å². The molecule has 4 bridgehead atoms. The molecule has 0 spiro atoms. The normalized spacial score (nSPS) is 32.8. The number of amides is 1. The number of anilines is 1. The first-order valence-corrected chi connectivity index (χ1v) is 9.13. The van der Waals surface area contributed by atoms with Crippen LogP contribution >= 0.6 is 0 Å². The van der Waals surface area contributed by atoms with E-state index in [9.17, 15) is 9.18 Å². The van der Waals surface area contributed by atoms with Gasteiger partial charge in [0, 0.05) is 17.4 Å². The number of nitrogens with one attached hydrogen (secondary N) is 2. The summed E-state index contributed by atoms with van der Waals surface area (Å²) in [7, 11) is 0. The SMILES string of the molecule is O=C(NNc1ncnc2cc(F)ccc12)C1C2CC3CC(C2)CC1C3. The van der Waals surface area contributed by atoms with Gasteiger partial charge in [0.1, 0.15) is 12.1 Å². The minimum atomic E-state index is -0.338. The molecule has 0 unspecified atom stereocenters. The molecule has 130 valence electrons. The first kappa shape index (κ1) is 15.0. The van der Waals surface area contributed by atoms with E-state index in [-0.39, 0.29) is 17.6 Å². The summed E-state index contributed by atoms with van der Waals surface area (Å²) in [6, 6.07) is 4.36. The molecule has 6 rings (SSSR count). The molecule has 1 heterocycles. The molecule has 2 N–H and O–H groups in total. The van der Waals surface area contributed by atoms with Gasteiger partial charge in [0.25, 0.3) is 0 Å². The summed E-state index contributed by atoms with van der Waals surface area (Å²) in [6.45, 7) is 0. The van der Waals surface area contributed by atoms with Crippen LogP contribution < -0.4 is 10.9 Å². The predicted octanol–water partition coefficient (Wildman–Crippen LogP) is 3.28. The van der Waals surface area contributed by atoms with Crippen molar-refractivity contribution in [3.05, 3.63) is 30.3 Å². The molecule has 6 heteroatoms. The number of rotatable bonds is 3. The maximum absolute atomic E-state index is 13.3. The van der Waals surface area contributed by atoms with Crippen LogP contribution in [0.5, 0.6) is 0 Å². The Kier molecular flexibility index (Phi) is 3.40. The van der Waals surface area contributed by atoms with Gasteiger partial charge in [0.15, 0.2) is 5.82 Å². The van der Waals surface area contributed by atoms with Crippen molar-refractivity contribution < 1.29 is 9.18 Å². The number of aromatic nitrogens is 2. The van der Waals surface area contributed by atoms with Gasteiger partial charge in [-0.1, -0.05) is 0 Å². The highest BCUT2D eigenvalue weighted by molar-refractivity contribution is 5.90. The lowest BCUT2D eigenvalue weighted by Crippen LogP contribution is -2.51. The summed E-state index contributed by atoms with van der Waals surface area (Å²) >= 11 is 0. The summed E-state index contributed by atoms with van der Waals surface area (Å²) in [4.78, 5) is 21.1. The van der Waals surface area contributed by atoms with E-state index >= 15 is 0 Å². The molecule has 0 radical (unpaired) electrons. The first-order valence-electron chi connectivity index (χ1n) is 9.13. The van der Waals surface area contributed by atoms with Crippen LogP contribution in [0, 0.1) is 35.4 Å². The van der Waals surface area contributed by atoms with Gasteiger partial charge in [-0.3, -0.25) is 15.6 Å². The molecular formula is C19H21FN4O. The van der Waals surface area contributed by atoms with Gasteiger partial charge >= 0.3 is 0 Å². The van der Waals surface area contributed by atoms with Crippen molar-refractivity contribution in [3.8, 4) is 0 Å². The molecule has 1 aromatic carbocycles. The molecule has 4 aliphatic rings. The minimum absolute atomic E-state index is 0.0719. The van der Waals surface area contributed by atoms with Gasteiger partial charge in [-0.15, -0.1) is 0 Å². The van der Waals surface area contributed by atoms with Gasteiger partial charge < -0.3 is 0 Å². The smallest absolute Gasteiger partial charge is 0.242 e. The molecule has 0 saturated heterocycles. The first-order chi connectivity index (χ1) is 12.2. The number of fused-ring (bicyclic) bond motifs is 1. The fourth-order valence-electron chi connectivity index (χ4n) is 5.69. The Hall–Kier alpha value is -2.24. The fourth-order valence-corrected chi connectivity index (χ4v) is 5.69. The highest BCUT2D eigenvalue weighted by Crippen LogP contribution is 2.56. The Balaban J connectivity index is 1.33. The monoisotopic (exact) mass is 340 g/mol. The zero-order valence-corrected chi connectivity index (χ0v) is 13.9. The standard InChI is InChI=1S/C19H21FN4O/c20-14-1-2-15-16(8-14)21-9-22-18(15)23-24-19(25)17-12-4-10-3-11(6-12)7-13(17)5-10/h1-2,8-13,17H,3-7H2,(H,24,25)(H,21,22,23). The summed E-state index contributed by atoms with van der Waals surface area (Å²) in [6.07, 6.45) is 7.59. The van der Waals surface area contributed by atoms with Crippen LogP contribution in [0.2, 0.25) is 0 Å². The van der Waals surface area contributed by atoms with Crippen LogP contribution in [0.1, 0.15) is 32.1 Å². The molecular weight excluding hydrogens is 319 g/mol. The highest BCUT2D eigenvalue weighted by atomic mass is 19.1. The van der Waals surface area contributed by atoms with E-state index in [2.05, 4.69) is 20.8 Å². The quantitative estimate of drug-likeness (QED) is 0.842. The lowest BCUT2D eigenvalue weighted by atomic mass is 9.52. The molecule has 25 heavy (non-hydrogen) atoms. The van der Waals surface area contributed by atoms with E-state index < -0.39 is 0 Å². The molecule has 1 aromatic heterocycles. The van der Waals surface area contributed by atoms with Crippen molar-refractivity contribution in [2.75, 3.05) is 5.43 Å². The zero-order chi connectivity index (χ0) is 17.0. The van der Waals surface area contributed by atoms with Crippen LogP contribution in [0.15, 0.2) is 24.5 Å². The molecule has 0 aliphatic heterocycles. The third kappa shape index (κ3) is 2.55. The fraction of sp³-hybridized carbons (Fsp3) is 0.526. The van der Waals surface area contributed by atoms with Crippen molar-refractivity contribution in [2.24, 2.45) is 29.6 Å². The number of hydrogen-bond acceptors (Lipinski definition) is 4. The maximum atomic E-state index is 13.3. The molecule has 5 nitrogen and oxygen atoms in total. The Morgan fingerprint density at radius 1 is 1.04 bits per heavy atom. The summed E-state index contributed by atoms with van der Waals surface area (Å²) in [5.41, 5.74) is 6.32. The van der Waals surface area contributed by atoms with Crippen molar-refractivity contribution >= 4 is 22.6 Å². The highest BCUT2D eigenvalue weighted by Gasteiger charge is 2.50. The van der Waals surface area contributed by atoms with Crippen molar-refractivity contribution in [3.63, 3.8) is 0 Å². The summed E-state index contributed by atoms with van der Waals surface area (Å²) in [5.74, 6) is 3.12. The van der Waals surface area contributed by atoms with Crippen molar-refractivity contribution in [1.29, 1.82) is 0 Å². The number of halogens is 1. The lowest BCUT2D eigenvalue weighted by molar-refractivity contribution is -0.137. The van der Waals surface area contributed by atoms with Gasteiger partial charge in [-0.25, -0.2) is 14.4 Å². The average Bonchev–Trinajstić information content (AvgIpc) is 2.58. The largest absolute Gasteiger partial charge is 0.281 e. The lowest BCUT2D eigenvalue weighted by Gasteiger charge is -2.53. The number of hydrogen-bond donors (Lipinski definition) is 2. The Labute approximate surface area is 145 Å². The van der Waals surface area contributed by atoms with E-state index in [0.717, 1.165) is 11.8 Å². The maximum Gasteiger partial charge on any atom is 0.242 e. The second-order valence-corrected chi connectivity index (χ2v) is 7.95. The van der Waals surface area contributed by atoms with Crippen molar-refractivity contribution in [2.45, 2.75) is 32.1 Å². The molecule has 4 saturated carbocycles. The molecule has 1 amide bonds.